The maximum absolute atomic E-state index is 6.50. The Labute approximate surface area is 124 Å². The van der Waals surface area contributed by atoms with E-state index in [1.807, 2.05) is 19.1 Å². The molecule has 0 aromatic carbocycles. The fourth-order valence-electron chi connectivity index (χ4n) is 3.03. The summed E-state index contributed by atoms with van der Waals surface area (Å²) in [6, 6.07) is 3.80. The van der Waals surface area contributed by atoms with Gasteiger partial charge in [0.2, 0.25) is 0 Å². The Bertz CT molecular complexity index is 594. The van der Waals surface area contributed by atoms with Gasteiger partial charge in [-0.25, -0.2) is 0 Å². The minimum atomic E-state index is -0.451. The lowest BCUT2D eigenvalue weighted by molar-refractivity contribution is 0.216. The molecular weight excluding hydrogens is 266 g/mol. The van der Waals surface area contributed by atoms with Crippen molar-refractivity contribution in [2.24, 2.45) is 11.7 Å². The van der Waals surface area contributed by atoms with Gasteiger partial charge in [-0.1, -0.05) is 25.4 Å². The van der Waals surface area contributed by atoms with Crippen LogP contribution < -0.4 is 5.73 Å². The number of furan rings is 1. The molecule has 1 aliphatic carbocycles. The van der Waals surface area contributed by atoms with Crippen LogP contribution in [0.15, 0.2) is 21.1 Å². The van der Waals surface area contributed by atoms with E-state index in [2.05, 4.69) is 17.1 Å². The molecule has 0 saturated heterocycles. The van der Waals surface area contributed by atoms with Crippen molar-refractivity contribution in [2.45, 2.75) is 57.9 Å². The van der Waals surface area contributed by atoms with Crippen molar-refractivity contribution in [1.29, 1.82) is 0 Å². The van der Waals surface area contributed by atoms with E-state index in [0.717, 1.165) is 43.8 Å². The predicted octanol–water partition coefficient (Wildman–Crippen LogP) is 3.65. The molecule has 3 rings (SSSR count). The lowest BCUT2D eigenvalue weighted by atomic mass is 9.76. The van der Waals surface area contributed by atoms with E-state index in [1.165, 1.54) is 6.42 Å². The van der Waals surface area contributed by atoms with Crippen LogP contribution >= 0.6 is 0 Å². The van der Waals surface area contributed by atoms with Gasteiger partial charge in [-0.2, -0.15) is 4.98 Å². The molecule has 1 saturated carbocycles. The first kappa shape index (κ1) is 14.3. The van der Waals surface area contributed by atoms with Crippen LogP contribution in [-0.4, -0.2) is 10.1 Å². The summed E-state index contributed by atoms with van der Waals surface area (Å²) in [6.45, 7) is 4.28. The number of hydrogen-bond donors (Lipinski definition) is 1. The highest BCUT2D eigenvalue weighted by Gasteiger charge is 2.37. The van der Waals surface area contributed by atoms with Crippen LogP contribution in [0.2, 0.25) is 0 Å². The van der Waals surface area contributed by atoms with Gasteiger partial charge in [0.05, 0.1) is 5.54 Å². The third-order valence-electron chi connectivity index (χ3n) is 4.67. The molecule has 21 heavy (non-hydrogen) atoms. The van der Waals surface area contributed by atoms with Crippen LogP contribution in [0.5, 0.6) is 0 Å². The molecule has 0 spiro atoms. The zero-order chi connectivity index (χ0) is 14.9. The molecule has 0 aliphatic heterocycles. The molecule has 0 amide bonds. The molecule has 2 heterocycles. The van der Waals surface area contributed by atoms with Crippen molar-refractivity contribution in [2.75, 3.05) is 0 Å². The summed E-state index contributed by atoms with van der Waals surface area (Å²) in [4.78, 5) is 4.48. The molecule has 114 valence electrons. The maximum Gasteiger partial charge on any atom is 0.293 e. The molecule has 5 heteroatoms. The van der Waals surface area contributed by atoms with Crippen LogP contribution in [0.4, 0.5) is 0 Å². The Kier molecular flexibility index (Phi) is 3.85. The van der Waals surface area contributed by atoms with Gasteiger partial charge in [0.25, 0.3) is 5.89 Å². The van der Waals surface area contributed by atoms with Crippen LogP contribution in [0.3, 0.4) is 0 Å². The molecule has 5 nitrogen and oxygen atoms in total. The lowest BCUT2D eigenvalue weighted by Gasteiger charge is -2.34. The summed E-state index contributed by atoms with van der Waals surface area (Å²) in [7, 11) is 0. The summed E-state index contributed by atoms with van der Waals surface area (Å²) >= 11 is 0. The Balaban J connectivity index is 1.78. The first-order chi connectivity index (χ1) is 10.1. The first-order valence-electron chi connectivity index (χ1n) is 7.86. The summed E-state index contributed by atoms with van der Waals surface area (Å²) < 4.78 is 11.0. The molecule has 0 unspecified atom stereocenters. The third kappa shape index (κ3) is 2.75. The van der Waals surface area contributed by atoms with Gasteiger partial charge >= 0.3 is 0 Å². The molecule has 0 atom stereocenters. The predicted molar refractivity (Wildman–Crippen MR) is 79.5 cm³/mol. The zero-order valence-corrected chi connectivity index (χ0v) is 12.8. The lowest BCUT2D eigenvalue weighted by Crippen LogP contribution is -2.41. The average Bonchev–Trinajstić information content (AvgIpc) is 3.17. The second-order valence-corrected chi connectivity index (χ2v) is 6.05. The van der Waals surface area contributed by atoms with Gasteiger partial charge in [-0.05, 0) is 43.7 Å². The van der Waals surface area contributed by atoms with Crippen molar-refractivity contribution < 1.29 is 8.94 Å². The Hall–Kier alpha value is -1.62. The molecule has 2 aromatic rings. The summed E-state index contributed by atoms with van der Waals surface area (Å²) in [6.07, 6.45) is 6.18. The van der Waals surface area contributed by atoms with Gasteiger partial charge in [0.15, 0.2) is 11.6 Å². The normalized spacial score (nSPS) is 26.1. The van der Waals surface area contributed by atoms with Crippen molar-refractivity contribution in [1.82, 2.24) is 10.1 Å². The molecule has 0 bridgehead atoms. The monoisotopic (exact) mass is 289 g/mol. The van der Waals surface area contributed by atoms with Gasteiger partial charge < -0.3 is 14.7 Å². The summed E-state index contributed by atoms with van der Waals surface area (Å²) in [5.41, 5.74) is 6.05. The van der Waals surface area contributed by atoms with Crippen LogP contribution in [-0.2, 0) is 12.0 Å². The van der Waals surface area contributed by atoms with Crippen molar-refractivity contribution in [3.8, 4) is 11.7 Å². The smallest absolute Gasteiger partial charge is 0.293 e. The minimum Gasteiger partial charge on any atom is -0.456 e. The zero-order valence-electron chi connectivity index (χ0n) is 12.8. The maximum atomic E-state index is 6.50. The highest BCUT2D eigenvalue weighted by atomic mass is 16.5. The van der Waals surface area contributed by atoms with Crippen LogP contribution in [0.1, 0.15) is 57.5 Å². The Morgan fingerprint density at radius 2 is 2.05 bits per heavy atom. The SMILES string of the molecule is CCc1ccc(-c2nc(C3(N)CCC(CC)CC3)no2)o1. The van der Waals surface area contributed by atoms with Crippen molar-refractivity contribution in [3.05, 3.63) is 23.7 Å². The van der Waals surface area contributed by atoms with E-state index in [4.69, 9.17) is 14.7 Å². The Morgan fingerprint density at radius 1 is 1.29 bits per heavy atom. The van der Waals surface area contributed by atoms with E-state index in [0.29, 0.717) is 17.5 Å². The quantitative estimate of drug-likeness (QED) is 0.929. The van der Waals surface area contributed by atoms with Gasteiger partial charge in [-0.15, -0.1) is 0 Å². The summed E-state index contributed by atoms with van der Waals surface area (Å²) in [5.74, 6) is 3.35. The van der Waals surface area contributed by atoms with E-state index in [9.17, 15) is 0 Å². The largest absolute Gasteiger partial charge is 0.456 e. The number of aryl methyl sites for hydroxylation is 1. The number of aromatic nitrogens is 2. The second-order valence-electron chi connectivity index (χ2n) is 6.05. The van der Waals surface area contributed by atoms with Gasteiger partial charge in [-0.3, -0.25) is 0 Å². The van der Waals surface area contributed by atoms with E-state index >= 15 is 0 Å². The number of hydrogen-bond acceptors (Lipinski definition) is 5. The van der Waals surface area contributed by atoms with Crippen LogP contribution in [0.25, 0.3) is 11.7 Å². The van der Waals surface area contributed by atoms with E-state index in [-0.39, 0.29) is 0 Å². The molecule has 1 aliphatic rings. The van der Waals surface area contributed by atoms with Crippen molar-refractivity contribution >= 4 is 0 Å². The van der Waals surface area contributed by atoms with E-state index < -0.39 is 5.54 Å². The third-order valence-corrected chi connectivity index (χ3v) is 4.67. The molecule has 0 radical (unpaired) electrons. The van der Waals surface area contributed by atoms with Gasteiger partial charge in [0, 0.05) is 6.42 Å². The standard InChI is InChI=1S/C16H23N3O2/c1-3-11-7-9-16(17,10-8-11)15-18-14(21-19-15)13-6-5-12(4-2)20-13/h5-6,11H,3-4,7-10,17H2,1-2H3. The molecule has 1 fully saturated rings. The molecule has 2 aromatic heterocycles. The molecular formula is C16H23N3O2. The highest BCUT2D eigenvalue weighted by Crippen LogP contribution is 2.38. The highest BCUT2D eigenvalue weighted by molar-refractivity contribution is 5.44. The summed E-state index contributed by atoms with van der Waals surface area (Å²) in [5, 5.41) is 4.10. The van der Waals surface area contributed by atoms with Crippen LogP contribution in [0, 0.1) is 5.92 Å². The average molecular weight is 289 g/mol. The second kappa shape index (κ2) is 5.64. The first-order valence-corrected chi connectivity index (χ1v) is 7.86. The Morgan fingerprint density at radius 3 is 2.67 bits per heavy atom. The molecule has 2 N–H and O–H groups in total. The van der Waals surface area contributed by atoms with Gasteiger partial charge in [0.1, 0.15) is 5.76 Å². The number of rotatable bonds is 4. The fourth-order valence-corrected chi connectivity index (χ4v) is 3.03. The van der Waals surface area contributed by atoms with E-state index in [1.54, 1.807) is 0 Å². The van der Waals surface area contributed by atoms with Crippen molar-refractivity contribution in [3.63, 3.8) is 0 Å². The topological polar surface area (TPSA) is 78.1 Å². The number of nitrogens with two attached hydrogens (primary N) is 1. The number of nitrogens with zero attached hydrogens (tertiary/aromatic N) is 2. The minimum absolute atomic E-state index is 0.423. The fraction of sp³-hybridized carbons (Fsp3) is 0.625.